The number of carboxylic acids is 2. The summed E-state index contributed by atoms with van der Waals surface area (Å²) in [5, 5.41) is 30.8. The number of carboxylic acid groups (broad SMARTS) is 2. The fraction of sp³-hybridized carbons (Fsp3) is 0.200. The molecule has 0 fully saturated rings. The van der Waals surface area contributed by atoms with Gasteiger partial charge in [0.1, 0.15) is 0 Å². The molecule has 0 unspecified atom stereocenters. The van der Waals surface area contributed by atoms with Crippen LogP contribution in [-0.2, 0) is 31.2 Å². The second kappa shape index (κ2) is 10.7. The van der Waals surface area contributed by atoms with Crippen LogP contribution in [0.5, 0.6) is 0 Å². The first-order valence-corrected chi connectivity index (χ1v) is 2.46. The predicted octanol–water partition coefficient (Wildman–Crippen LogP) is -0.941. The number of aliphatic carboxylic acids is 2. The van der Waals surface area contributed by atoms with Crippen LogP contribution in [0.2, 0.25) is 0 Å². The Bertz CT molecular complexity index is 168. The monoisotopic (exact) mass is 237 g/mol. The molecular weight excluding hydrogens is 231 g/mol. The third kappa shape index (κ3) is 18.1. The average Bonchev–Trinajstić information content (AvgIpc) is 1.87. The van der Waals surface area contributed by atoms with Crippen molar-refractivity contribution in [3.63, 3.8) is 0 Å². The van der Waals surface area contributed by atoms with Gasteiger partial charge in [-0.2, -0.15) is 0 Å². The molecule has 0 aliphatic carbocycles. The zero-order valence-corrected chi connectivity index (χ0v) is 7.10. The van der Waals surface area contributed by atoms with Crippen molar-refractivity contribution in [2.75, 3.05) is 0 Å². The van der Waals surface area contributed by atoms with Crippen LogP contribution in [-0.4, -0.2) is 38.8 Å². The molecule has 0 atom stereocenters. The molecule has 1 radical (unpaired) electrons. The molecule has 0 aromatic heterocycles. The Kier molecular flexibility index (Phi) is 14.7. The van der Waals surface area contributed by atoms with Gasteiger partial charge in [-0.05, 0) is 6.42 Å². The topological polar surface area (TPSA) is 132 Å². The summed E-state index contributed by atoms with van der Waals surface area (Å²) in [6.07, 6.45) is -1.89. The second-order valence-corrected chi connectivity index (χ2v) is 1.41. The van der Waals surface area contributed by atoms with E-state index in [1.165, 1.54) is 0 Å². The molecule has 0 aliphatic rings. The number of hydrogen-bond acceptors (Lipinski definition) is 4. The number of hydrogen-bond donors (Lipinski definition) is 4. The molecule has 0 spiro atoms. The van der Waals surface area contributed by atoms with Crippen molar-refractivity contribution in [3.8, 4) is 0 Å². The molecule has 0 aromatic carbocycles. The molecule has 8 heteroatoms. The van der Waals surface area contributed by atoms with Gasteiger partial charge in [-0.1, -0.05) is 6.47 Å². The smallest absolute Gasteiger partial charge is 0.665 e. The fourth-order valence-corrected chi connectivity index (χ4v) is 0.219. The summed E-state index contributed by atoms with van der Waals surface area (Å²) in [4.78, 5) is 27.6. The van der Waals surface area contributed by atoms with E-state index in [4.69, 9.17) is 25.2 Å². The van der Waals surface area contributed by atoms with Crippen molar-refractivity contribution < 1.29 is 51.6 Å². The van der Waals surface area contributed by atoms with Crippen LogP contribution >= 0.6 is 0 Å². The molecule has 0 saturated heterocycles. The third-order valence-electron chi connectivity index (χ3n) is 0.566. The van der Waals surface area contributed by atoms with Crippen LogP contribution in [0.4, 0.5) is 0 Å². The van der Waals surface area contributed by atoms with Crippen LogP contribution in [0.1, 0.15) is 6.42 Å². The van der Waals surface area contributed by atoms with E-state index in [1.54, 1.807) is 0 Å². The summed E-state index contributed by atoms with van der Waals surface area (Å²) in [5.41, 5.74) is 0. The zero-order chi connectivity index (χ0) is 10.1. The van der Waals surface area contributed by atoms with E-state index in [2.05, 4.69) is 0 Å². The van der Waals surface area contributed by atoms with Crippen molar-refractivity contribution in [1.29, 1.82) is 0 Å². The van der Waals surface area contributed by atoms with Gasteiger partial charge in [0.25, 0.3) is 5.97 Å². The summed E-state index contributed by atoms with van der Waals surface area (Å²) < 4.78 is 0. The SMILES string of the molecule is O=C(O)C[C-](O)C(=O)O.O=[C-]O.[Co+2]. The van der Waals surface area contributed by atoms with Gasteiger partial charge in [-0.25, -0.2) is 0 Å². The van der Waals surface area contributed by atoms with Gasteiger partial charge in [-0.15, -0.1) is 6.10 Å². The Morgan fingerprint density at radius 2 is 1.62 bits per heavy atom. The normalized spacial score (nSPS) is 6.85. The Morgan fingerprint density at radius 3 is 1.69 bits per heavy atom. The molecular formula is C5H6CoO7. The van der Waals surface area contributed by atoms with Gasteiger partial charge in [0.15, 0.2) is 5.97 Å². The van der Waals surface area contributed by atoms with Gasteiger partial charge in [0, 0.05) is 0 Å². The summed E-state index contributed by atoms with van der Waals surface area (Å²) in [6.45, 7) is 0.500. The van der Waals surface area contributed by atoms with E-state index in [0.29, 0.717) is 6.47 Å². The number of rotatable bonds is 3. The first-order valence-electron chi connectivity index (χ1n) is 2.46. The van der Waals surface area contributed by atoms with Crippen LogP contribution in [0.25, 0.3) is 0 Å². The molecule has 0 heterocycles. The van der Waals surface area contributed by atoms with E-state index in [9.17, 15) is 9.59 Å². The largest absolute Gasteiger partial charge is 2.00 e. The van der Waals surface area contributed by atoms with E-state index in [1.807, 2.05) is 0 Å². The molecule has 0 aliphatic heterocycles. The van der Waals surface area contributed by atoms with Gasteiger partial charge < -0.3 is 25.2 Å². The Hall–Kier alpha value is -1.25. The number of aliphatic hydroxyl groups is 1. The van der Waals surface area contributed by atoms with E-state index < -0.39 is 24.5 Å². The van der Waals surface area contributed by atoms with Crippen molar-refractivity contribution in [2.24, 2.45) is 0 Å². The van der Waals surface area contributed by atoms with Crippen molar-refractivity contribution in [3.05, 3.63) is 6.10 Å². The second-order valence-electron chi connectivity index (χ2n) is 1.41. The molecule has 13 heavy (non-hydrogen) atoms. The molecule has 0 bridgehead atoms. The minimum absolute atomic E-state index is 0. The molecule has 0 aromatic rings. The third-order valence-corrected chi connectivity index (χ3v) is 0.566. The van der Waals surface area contributed by atoms with Gasteiger partial charge >= 0.3 is 16.8 Å². The van der Waals surface area contributed by atoms with Crippen LogP contribution in [0.3, 0.4) is 0 Å². The van der Waals surface area contributed by atoms with Gasteiger partial charge in [0.2, 0.25) is 0 Å². The zero-order valence-electron chi connectivity index (χ0n) is 6.05. The average molecular weight is 237 g/mol. The number of carbonyl (C=O) groups is 2. The van der Waals surface area contributed by atoms with Crippen molar-refractivity contribution in [2.45, 2.75) is 6.42 Å². The fourth-order valence-electron chi connectivity index (χ4n) is 0.219. The van der Waals surface area contributed by atoms with Crippen LogP contribution < -0.4 is 0 Å². The number of aliphatic hydroxyl groups excluding tert-OH is 2. The molecule has 77 valence electrons. The standard InChI is InChI=1S/C4H5O5.CHO2.Co/c5-2(4(8)9)1-3(6)7;2-1-3;/h5H,1H2,(H,6,7)(H,8,9);(H,2,3);/q2*-1;+2. The Balaban J connectivity index is -0.000000220. The first kappa shape index (κ1) is 17.7. The van der Waals surface area contributed by atoms with Crippen LogP contribution in [0, 0.1) is 6.10 Å². The summed E-state index contributed by atoms with van der Waals surface area (Å²) in [6, 6.07) is 0. The van der Waals surface area contributed by atoms with E-state index >= 15 is 0 Å². The summed E-state index contributed by atoms with van der Waals surface area (Å²) in [7, 11) is 0. The molecule has 7 nitrogen and oxygen atoms in total. The minimum atomic E-state index is -1.60. The first-order chi connectivity index (χ1) is 5.45. The summed E-state index contributed by atoms with van der Waals surface area (Å²) in [5.74, 6) is -2.97. The van der Waals surface area contributed by atoms with Gasteiger partial charge in [0.05, 0.1) is 0 Å². The quantitative estimate of drug-likeness (QED) is 0.465. The molecule has 4 N–H and O–H groups in total. The molecule has 0 saturated carbocycles. The van der Waals surface area contributed by atoms with Crippen molar-refractivity contribution >= 4 is 18.4 Å². The van der Waals surface area contributed by atoms with Gasteiger partial charge in [-0.3, -0.25) is 9.59 Å². The van der Waals surface area contributed by atoms with E-state index in [-0.39, 0.29) is 16.8 Å². The maximum absolute atomic E-state index is 9.68. The Labute approximate surface area is 83.2 Å². The maximum Gasteiger partial charge on any atom is 2.00 e. The summed E-state index contributed by atoms with van der Waals surface area (Å²) >= 11 is 0. The maximum atomic E-state index is 9.68. The van der Waals surface area contributed by atoms with Crippen molar-refractivity contribution in [1.82, 2.24) is 0 Å². The van der Waals surface area contributed by atoms with E-state index in [0.717, 1.165) is 0 Å². The minimum Gasteiger partial charge on any atom is -0.665 e. The predicted molar refractivity (Wildman–Crippen MR) is 33.4 cm³/mol. The Morgan fingerprint density at radius 1 is 1.31 bits per heavy atom. The molecule has 0 amide bonds. The van der Waals surface area contributed by atoms with Crippen LogP contribution in [0.15, 0.2) is 0 Å². The molecule has 0 rings (SSSR count).